The standard InChI is InChI=1S/C11H14N2O2/c1-15-10-5-3-2-4-9(10)13-7-6-12-11(14)8-13/h2-5H,6-8H2,1H3,(H,12,14). The van der Waals surface area contributed by atoms with Crippen LogP contribution >= 0.6 is 0 Å². The van der Waals surface area contributed by atoms with E-state index in [1.807, 2.05) is 29.2 Å². The molecule has 1 aliphatic heterocycles. The number of nitrogens with zero attached hydrogens (tertiary/aromatic N) is 1. The van der Waals surface area contributed by atoms with Gasteiger partial charge in [-0.3, -0.25) is 4.79 Å². The van der Waals surface area contributed by atoms with E-state index in [2.05, 4.69) is 5.32 Å². The second-order valence-electron chi connectivity index (χ2n) is 3.44. The Kier molecular flexibility index (Phi) is 2.76. The third kappa shape index (κ3) is 2.03. The van der Waals surface area contributed by atoms with E-state index in [1.54, 1.807) is 7.11 Å². The summed E-state index contributed by atoms with van der Waals surface area (Å²) in [7, 11) is 1.64. The van der Waals surface area contributed by atoms with Crippen molar-refractivity contribution in [3.05, 3.63) is 24.3 Å². The van der Waals surface area contributed by atoms with E-state index in [-0.39, 0.29) is 5.91 Å². The zero-order valence-electron chi connectivity index (χ0n) is 8.69. The molecule has 0 aromatic heterocycles. The van der Waals surface area contributed by atoms with Gasteiger partial charge in [0.2, 0.25) is 5.91 Å². The van der Waals surface area contributed by atoms with Crippen LogP contribution in [0.1, 0.15) is 0 Å². The molecule has 0 bridgehead atoms. The molecule has 0 unspecified atom stereocenters. The summed E-state index contributed by atoms with van der Waals surface area (Å²) >= 11 is 0. The highest BCUT2D eigenvalue weighted by Crippen LogP contribution is 2.27. The summed E-state index contributed by atoms with van der Waals surface area (Å²) in [4.78, 5) is 13.3. The summed E-state index contributed by atoms with van der Waals surface area (Å²) in [6.45, 7) is 1.92. The van der Waals surface area contributed by atoms with Crippen LogP contribution in [-0.2, 0) is 4.79 Å². The number of piperazine rings is 1. The molecule has 0 spiro atoms. The number of carbonyl (C=O) groups is 1. The van der Waals surface area contributed by atoms with E-state index in [0.29, 0.717) is 13.1 Å². The third-order valence-corrected chi connectivity index (χ3v) is 2.46. The maximum atomic E-state index is 11.3. The third-order valence-electron chi connectivity index (χ3n) is 2.46. The lowest BCUT2D eigenvalue weighted by Gasteiger charge is -2.29. The molecule has 1 saturated heterocycles. The van der Waals surface area contributed by atoms with Crippen LogP contribution in [0.3, 0.4) is 0 Å². The number of ether oxygens (including phenoxy) is 1. The summed E-state index contributed by atoms with van der Waals surface area (Å²) in [5.74, 6) is 0.874. The maximum absolute atomic E-state index is 11.3. The maximum Gasteiger partial charge on any atom is 0.239 e. The number of hydrogen-bond acceptors (Lipinski definition) is 3. The van der Waals surface area contributed by atoms with Gasteiger partial charge in [-0.25, -0.2) is 0 Å². The minimum Gasteiger partial charge on any atom is -0.495 e. The van der Waals surface area contributed by atoms with Crippen LogP contribution in [0, 0.1) is 0 Å². The first-order valence-corrected chi connectivity index (χ1v) is 4.96. The molecular formula is C11H14N2O2. The summed E-state index contributed by atoms with van der Waals surface area (Å²) in [5, 5.41) is 2.80. The monoisotopic (exact) mass is 206 g/mol. The summed E-state index contributed by atoms with van der Waals surface area (Å²) < 4.78 is 5.26. The van der Waals surface area contributed by atoms with E-state index in [4.69, 9.17) is 4.74 Å². The molecule has 1 heterocycles. The molecule has 1 fully saturated rings. The average molecular weight is 206 g/mol. The van der Waals surface area contributed by atoms with Crippen LogP contribution in [0.25, 0.3) is 0 Å². The molecule has 0 aliphatic carbocycles. The molecule has 1 N–H and O–H groups in total. The van der Waals surface area contributed by atoms with Crippen molar-refractivity contribution in [1.29, 1.82) is 0 Å². The Morgan fingerprint density at radius 3 is 2.93 bits per heavy atom. The number of hydrogen-bond donors (Lipinski definition) is 1. The van der Waals surface area contributed by atoms with Gasteiger partial charge in [-0.2, -0.15) is 0 Å². The molecule has 1 amide bonds. The fourth-order valence-electron chi connectivity index (χ4n) is 1.74. The lowest BCUT2D eigenvalue weighted by Crippen LogP contribution is -2.47. The number of carbonyl (C=O) groups excluding carboxylic acids is 1. The van der Waals surface area contributed by atoms with Gasteiger partial charge in [-0.15, -0.1) is 0 Å². The molecule has 15 heavy (non-hydrogen) atoms. The molecule has 80 valence electrons. The van der Waals surface area contributed by atoms with Crippen LogP contribution < -0.4 is 15.0 Å². The van der Waals surface area contributed by atoms with Crippen molar-refractivity contribution in [1.82, 2.24) is 5.32 Å². The summed E-state index contributed by atoms with van der Waals surface area (Å²) in [5.41, 5.74) is 0.981. The molecule has 4 heteroatoms. The topological polar surface area (TPSA) is 41.6 Å². The lowest BCUT2D eigenvalue weighted by molar-refractivity contribution is -0.120. The molecule has 4 nitrogen and oxygen atoms in total. The van der Waals surface area contributed by atoms with Crippen molar-refractivity contribution in [2.45, 2.75) is 0 Å². The van der Waals surface area contributed by atoms with Crippen LogP contribution in [0.4, 0.5) is 5.69 Å². The number of methoxy groups -OCH3 is 1. The van der Waals surface area contributed by atoms with Crippen LogP contribution in [0.15, 0.2) is 24.3 Å². The number of anilines is 1. The Hall–Kier alpha value is -1.71. The van der Waals surface area contributed by atoms with Crippen molar-refractivity contribution in [3.8, 4) is 5.75 Å². The van der Waals surface area contributed by atoms with Crippen molar-refractivity contribution >= 4 is 11.6 Å². The molecule has 1 aliphatic rings. The van der Waals surface area contributed by atoms with Crippen LogP contribution in [0.5, 0.6) is 5.75 Å². The number of rotatable bonds is 2. The van der Waals surface area contributed by atoms with Crippen molar-refractivity contribution in [3.63, 3.8) is 0 Å². The predicted molar refractivity (Wildman–Crippen MR) is 58.2 cm³/mol. The lowest BCUT2D eigenvalue weighted by atomic mass is 10.2. The first kappa shape index (κ1) is 9.83. The van der Waals surface area contributed by atoms with Gasteiger partial charge in [0.15, 0.2) is 0 Å². The highest BCUT2D eigenvalue weighted by molar-refractivity contribution is 5.83. The average Bonchev–Trinajstić information content (AvgIpc) is 2.29. The van der Waals surface area contributed by atoms with Gasteiger partial charge in [0.25, 0.3) is 0 Å². The fourth-order valence-corrected chi connectivity index (χ4v) is 1.74. The Balaban J connectivity index is 2.24. The zero-order valence-corrected chi connectivity index (χ0v) is 8.69. The van der Waals surface area contributed by atoms with E-state index in [0.717, 1.165) is 18.0 Å². The van der Waals surface area contributed by atoms with Gasteiger partial charge in [0, 0.05) is 13.1 Å². The Morgan fingerprint density at radius 2 is 2.20 bits per heavy atom. The predicted octanol–water partition coefficient (Wildman–Crippen LogP) is 0.631. The second-order valence-corrected chi connectivity index (χ2v) is 3.44. The number of para-hydroxylation sites is 2. The minimum absolute atomic E-state index is 0.0622. The van der Waals surface area contributed by atoms with Crippen LogP contribution in [-0.4, -0.2) is 32.7 Å². The Labute approximate surface area is 88.8 Å². The van der Waals surface area contributed by atoms with Gasteiger partial charge in [0.05, 0.1) is 19.3 Å². The first-order chi connectivity index (χ1) is 7.31. The first-order valence-electron chi connectivity index (χ1n) is 4.96. The molecule has 0 atom stereocenters. The molecule has 2 rings (SSSR count). The second kappa shape index (κ2) is 4.21. The smallest absolute Gasteiger partial charge is 0.239 e. The van der Waals surface area contributed by atoms with Gasteiger partial charge in [0.1, 0.15) is 5.75 Å². The highest BCUT2D eigenvalue weighted by atomic mass is 16.5. The van der Waals surface area contributed by atoms with E-state index >= 15 is 0 Å². The highest BCUT2D eigenvalue weighted by Gasteiger charge is 2.18. The van der Waals surface area contributed by atoms with Crippen molar-refractivity contribution < 1.29 is 9.53 Å². The van der Waals surface area contributed by atoms with Crippen LogP contribution in [0.2, 0.25) is 0 Å². The summed E-state index contributed by atoms with van der Waals surface area (Å²) in [6, 6.07) is 7.75. The van der Waals surface area contributed by atoms with E-state index < -0.39 is 0 Å². The molecular weight excluding hydrogens is 192 g/mol. The van der Waals surface area contributed by atoms with E-state index in [1.165, 1.54) is 0 Å². The SMILES string of the molecule is COc1ccccc1N1CCNC(=O)C1. The minimum atomic E-state index is 0.0622. The molecule has 0 radical (unpaired) electrons. The van der Waals surface area contributed by atoms with Gasteiger partial charge in [-0.1, -0.05) is 12.1 Å². The normalized spacial score (nSPS) is 16.1. The molecule has 1 aromatic carbocycles. The quantitative estimate of drug-likeness (QED) is 0.771. The zero-order chi connectivity index (χ0) is 10.7. The number of amides is 1. The molecule has 0 saturated carbocycles. The number of nitrogens with one attached hydrogen (secondary N) is 1. The summed E-state index contributed by atoms with van der Waals surface area (Å²) in [6.07, 6.45) is 0. The Morgan fingerprint density at radius 1 is 1.40 bits per heavy atom. The molecule has 1 aromatic rings. The van der Waals surface area contributed by atoms with Crippen molar-refractivity contribution in [2.75, 3.05) is 31.6 Å². The number of benzene rings is 1. The fraction of sp³-hybridized carbons (Fsp3) is 0.364. The largest absolute Gasteiger partial charge is 0.495 e. The van der Waals surface area contributed by atoms with Gasteiger partial charge < -0.3 is 15.0 Å². The van der Waals surface area contributed by atoms with Crippen molar-refractivity contribution in [2.24, 2.45) is 0 Å². The Bertz CT molecular complexity index is 365. The van der Waals surface area contributed by atoms with Gasteiger partial charge >= 0.3 is 0 Å². The van der Waals surface area contributed by atoms with Gasteiger partial charge in [-0.05, 0) is 12.1 Å². The van der Waals surface area contributed by atoms with E-state index in [9.17, 15) is 4.79 Å².